The molecule has 2 aromatic rings. The van der Waals surface area contributed by atoms with Gasteiger partial charge < -0.3 is 9.30 Å². The lowest BCUT2D eigenvalue weighted by Crippen LogP contribution is -2.05. The van der Waals surface area contributed by atoms with Gasteiger partial charge in [-0.05, 0) is 35.3 Å². The number of aromatic nitrogens is 2. The van der Waals surface area contributed by atoms with Crippen LogP contribution in [0.5, 0.6) is 0 Å². The maximum absolute atomic E-state index is 13.5. The monoisotopic (exact) mass is 348 g/mol. The van der Waals surface area contributed by atoms with E-state index in [9.17, 15) is 4.39 Å². The number of rotatable bonds is 6. The Morgan fingerprint density at radius 2 is 2.26 bits per heavy atom. The summed E-state index contributed by atoms with van der Waals surface area (Å²) in [6.45, 7) is 4.14. The van der Waals surface area contributed by atoms with Crippen molar-refractivity contribution in [1.82, 2.24) is 9.55 Å². The summed E-state index contributed by atoms with van der Waals surface area (Å²) in [5.74, 6) is 0.751. The smallest absolute Gasteiger partial charge is 0.139 e. The summed E-state index contributed by atoms with van der Waals surface area (Å²) in [7, 11) is 0. The minimum Gasteiger partial charge on any atom is -0.382 e. The van der Waals surface area contributed by atoms with Gasteiger partial charge in [0.1, 0.15) is 11.6 Å². The van der Waals surface area contributed by atoms with Crippen LogP contribution in [0.15, 0.2) is 16.6 Å². The van der Waals surface area contributed by atoms with Crippen LogP contribution in [-0.2, 0) is 17.2 Å². The highest BCUT2D eigenvalue weighted by Crippen LogP contribution is 2.25. The first-order valence-electron chi connectivity index (χ1n) is 6.15. The van der Waals surface area contributed by atoms with Crippen LogP contribution in [-0.4, -0.2) is 22.8 Å². The molecule has 104 valence electrons. The number of hydrogen-bond acceptors (Lipinski definition) is 2. The lowest BCUT2D eigenvalue weighted by molar-refractivity contribution is 0.142. The second-order valence-corrected chi connectivity index (χ2v) is 5.24. The van der Waals surface area contributed by atoms with Crippen LogP contribution in [0, 0.1) is 5.82 Å². The van der Waals surface area contributed by atoms with E-state index in [1.807, 2.05) is 11.5 Å². The fraction of sp³-hybridized carbons (Fsp3) is 0.462. The summed E-state index contributed by atoms with van der Waals surface area (Å²) in [4.78, 5) is 4.36. The minimum atomic E-state index is -0.312. The maximum Gasteiger partial charge on any atom is 0.139 e. The number of halogens is 3. The number of hydrogen-bond donors (Lipinski definition) is 0. The van der Waals surface area contributed by atoms with E-state index >= 15 is 0 Å². The van der Waals surface area contributed by atoms with Crippen molar-refractivity contribution in [3.05, 3.63) is 28.2 Å². The molecule has 1 aromatic carbocycles. The van der Waals surface area contributed by atoms with Gasteiger partial charge in [0, 0.05) is 25.8 Å². The van der Waals surface area contributed by atoms with Crippen molar-refractivity contribution in [2.45, 2.75) is 25.8 Å². The second kappa shape index (κ2) is 6.68. The molecule has 3 nitrogen and oxygen atoms in total. The van der Waals surface area contributed by atoms with Crippen LogP contribution in [0.3, 0.4) is 0 Å². The zero-order valence-corrected chi connectivity index (χ0v) is 13.0. The molecule has 2 rings (SSSR count). The van der Waals surface area contributed by atoms with E-state index in [1.54, 1.807) is 6.07 Å². The Kier molecular flexibility index (Phi) is 5.19. The van der Waals surface area contributed by atoms with Crippen molar-refractivity contribution >= 4 is 38.6 Å². The third-order valence-corrected chi connectivity index (χ3v) is 3.71. The topological polar surface area (TPSA) is 27.1 Å². The molecule has 0 N–H and O–H groups in total. The summed E-state index contributed by atoms with van der Waals surface area (Å²) >= 11 is 9.10. The average Bonchev–Trinajstić information content (AvgIpc) is 2.73. The van der Waals surface area contributed by atoms with Gasteiger partial charge in [-0.25, -0.2) is 9.37 Å². The summed E-state index contributed by atoms with van der Waals surface area (Å²) in [6, 6.07) is 3.17. The number of aryl methyl sites for hydroxylation is 1. The highest BCUT2D eigenvalue weighted by atomic mass is 79.9. The number of imidazole rings is 1. The summed E-state index contributed by atoms with van der Waals surface area (Å²) in [6.07, 6.45) is 0.873. The van der Waals surface area contributed by atoms with E-state index in [0.29, 0.717) is 29.1 Å². The van der Waals surface area contributed by atoms with E-state index in [4.69, 9.17) is 16.3 Å². The Morgan fingerprint density at radius 3 is 2.95 bits per heavy atom. The van der Waals surface area contributed by atoms with Crippen molar-refractivity contribution in [2.75, 3.05) is 13.2 Å². The van der Waals surface area contributed by atoms with Crippen LogP contribution >= 0.6 is 27.5 Å². The van der Waals surface area contributed by atoms with Crippen LogP contribution in [0.25, 0.3) is 11.0 Å². The van der Waals surface area contributed by atoms with Crippen molar-refractivity contribution in [3.8, 4) is 0 Å². The zero-order valence-electron chi connectivity index (χ0n) is 10.6. The molecule has 0 radical (unpaired) electrons. The second-order valence-electron chi connectivity index (χ2n) is 4.12. The van der Waals surface area contributed by atoms with Crippen LogP contribution in [0.2, 0.25) is 0 Å². The van der Waals surface area contributed by atoms with Crippen molar-refractivity contribution in [2.24, 2.45) is 0 Å². The molecule has 1 aromatic heterocycles. The largest absolute Gasteiger partial charge is 0.382 e. The standard InChI is InChI=1S/C13H15BrClFN2O/c1-2-19-5-3-4-18-12-6-9(14)10(16)7-11(12)17-13(18)8-15/h6-7H,2-5,8H2,1H3. The summed E-state index contributed by atoms with van der Waals surface area (Å²) in [5.41, 5.74) is 1.52. The normalized spacial score (nSPS) is 11.4. The van der Waals surface area contributed by atoms with Gasteiger partial charge in [0.2, 0.25) is 0 Å². The SMILES string of the molecule is CCOCCCn1c(CCl)nc2cc(F)c(Br)cc21. The van der Waals surface area contributed by atoms with Crippen molar-refractivity contribution in [3.63, 3.8) is 0 Å². The highest BCUT2D eigenvalue weighted by molar-refractivity contribution is 9.10. The quantitative estimate of drug-likeness (QED) is 0.580. The zero-order chi connectivity index (χ0) is 13.8. The molecule has 0 saturated heterocycles. The summed E-state index contributed by atoms with van der Waals surface area (Å²) in [5, 5.41) is 0. The van der Waals surface area contributed by atoms with Gasteiger partial charge in [-0.3, -0.25) is 0 Å². The van der Waals surface area contributed by atoms with E-state index in [0.717, 1.165) is 24.3 Å². The van der Waals surface area contributed by atoms with Gasteiger partial charge in [-0.1, -0.05) is 0 Å². The van der Waals surface area contributed by atoms with Gasteiger partial charge in [-0.15, -0.1) is 11.6 Å². The van der Waals surface area contributed by atoms with Crippen LogP contribution < -0.4 is 0 Å². The maximum atomic E-state index is 13.5. The lowest BCUT2D eigenvalue weighted by atomic mass is 10.3. The summed E-state index contributed by atoms with van der Waals surface area (Å²) < 4.78 is 21.3. The van der Waals surface area contributed by atoms with Crippen LogP contribution in [0.1, 0.15) is 19.2 Å². The molecule has 0 aliphatic rings. The molecule has 6 heteroatoms. The van der Waals surface area contributed by atoms with Crippen molar-refractivity contribution in [1.29, 1.82) is 0 Å². The third-order valence-electron chi connectivity index (χ3n) is 2.86. The van der Waals surface area contributed by atoms with Gasteiger partial charge >= 0.3 is 0 Å². The highest BCUT2D eigenvalue weighted by Gasteiger charge is 2.12. The van der Waals surface area contributed by atoms with Gasteiger partial charge in [-0.2, -0.15) is 0 Å². The molecule has 0 saturated carbocycles. The lowest BCUT2D eigenvalue weighted by Gasteiger charge is -2.08. The number of ether oxygens (including phenoxy) is 1. The van der Waals surface area contributed by atoms with E-state index in [-0.39, 0.29) is 5.82 Å². The van der Waals surface area contributed by atoms with E-state index in [2.05, 4.69) is 20.9 Å². The molecule has 19 heavy (non-hydrogen) atoms. The number of nitrogens with zero attached hydrogens (tertiary/aromatic N) is 2. The molecule has 0 aliphatic heterocycles. The first-order chi connectivity index (χ1) is 9.17. The Hall–Kier alpha value is -0.650. The molecule has 0 aliphatic carbocycles. The number of fused-ring (bicyclic) bond motifs is 1. The number of benzene rings is 1. The van der Waals surface area contributed by atoms with Gasteiger partial charge in [0.15, 0.2) is 0 Å². The number of alkyl halides is 1. The third kappa shape index (κ3) is 3.27. The Balaban J connectivity index is 2.31. The fourth-order valence-corrected chi connectivity index (χ4v) is 2.53. The Bertz CT molecular complexity index is 573. The molecule has 0 atom stereocenters. The van der Waals surface area contributed by atoms with Crippen LogP contribution in [0.4, 0.5) is 4.39 Å². The minimum absolute atomic E-state index is 0.308. The van der Waals surface area contributed by atoms with Gasteiger partial charge in [0.25, 0.3) is 0 Å². The average molecular weight is 350 g/mol. The Labute approximate surface area is 124 Å². The molecule has 0 unspecified atom stereocenters. The molecule has 1 heterocycles. The fourth-order valence-electron chi connectivity index (χ4n) is 1.99. The van der Waals surface area contributed by atoms with E-state index in [1.165, 1.54) is 6.07 Å². The molecule has 0 amide bonds. The molecule has 0 spiro atoms. The predicted octanol–water partition coefficient (Wildman–Crippen LogP) is 4.10. The first-order valence-corrected chi connectivity index (χ1v) is 7.48. The Morgan fingerprint density at radius 1 is 1.47 bits per heavy atom. The van der Waals surface area contributed by atoms with Gasteiger partial charge in [0.05, 0.1) is 21.4 Å². The molecule has 0 bridgehead atoms. The molecular formula is C13H15BrClFN2O. The van der Waals surface area contributed by atoms with E-state index < -0.39 is 0 Å². The first kappa shape index (κ1) is 14.8. The molecular weight excluding hydrogens is 335 g/mol. The van der Waals surface area contributed by atoms with Crippen molar-refractivity contribution < 1.29 is 9.13 Å². The molecule has 0 fully saturated rings. The predicted molar refractivity (Wildman–Crippen MR) is 78.1 cm³/mol.